The lowest BCUT2D eigenvalue weighted by Gasteiger charge is -2.20. The van der Waals surface area contributed by atoms with Crippen molar-refractivity contribution in [3.05, 3.63) is 69.1 Å². The largest absolute Gasteiger partial charge is 0.354 e. The highest BCUT2D eigenvalue weighted by atomic mass is 19.1. The van der Waals surface area contributed by atoms with Gasteiger partial charge in [-0.3, -0.25) is 4.79 Å². The molecule has 0 saturated heterocycles. The fraction of sp³-hybridized carbons (Fsp3) is 0.238. The van der Waals surface area contributed by atoms with E-state index < -0.39 is 5.82 Å². The van der Waals surface area contributed by atoms with E-state index >= 15 is 0 Å². The lowest BCUT2D eigenvalue weighted by atomic mass is 9.85. The molecule has 3 rings (SSSR count). The molecule has 0 spiro atoms. The minimum absolute atomic E-state index is 0.0326. The highest BCUT2D eigenvalue weighted by Crippen LogP contribution is 2.29. The van der Waals surface area contributed by atoms with E-state index in [9.17, 15) is 9.18 Å². The van der Waals surface area contributed by atoms with Crippen LogP contribution in [-0.2, 0) is 5.41 Å². The van der Waals surface area contributed by atoms with Crippen LogP contribution >= 0.6 is 0 Å². The zero-order valence-corrected chi connectivity index (χ0v) is 14.7. The molecule has 0 aliphatic carbocycles. The summed E-state index contributed by atoms with van der Waals surface area (Å²) in [5, 5.41) is 9.37. The summed E-state index contributed by atoms with van der Waals surface area (Å²) in [7, 11) is 0. The smallest absolute Gasteiger partial charge is 0.191 e. The number of aromatic nitrogens is 1. The number of hydrogen-bond donors (Lipinski definition) is 1. The molecule has 3 aromatic rings. The lowest BCUT2D eigenvalue weighted by molar-refractivity contribution is 0.590. The Balaban J connectivity index is 2.24. The average Bonchev–Trinajstić information content (AvgIpc) is 2.52. The maximum absolute atomic E-state index is 13.7. The van der Waals surface area contributed by atoms with Gasteiger partial charge in [-0.15, -0.1) is 0 Å². The molecular formula is C21H19FN2O. The first kappa shape index (κ1) is 16.9. The predicted molar refractivity (Wildman–Crippen MR) is 98.1 cm³/mol. The summed E-state index contributed by atoms with van der Waals surface area (Å²) in [6, 6.07) is 11.8. The number of nitrogens with zero attached hydrogens (tertiary/aromatic N) is 1. The van der Waals surface area contributed by atoms with Crippen LogP contribution in [0.15, 0.2) is 41.2 Å². The fourth-order valence-corrected chi connectivity index (χ4v) is 3.02. The average molecular weight is 334 g/mol. The number of nitrogens with one attached hydrogen (secondary N) is 1. The molecule has 3 nitrogen and oxygen atoms in total. The first-order chi connectivity index (χ1) is 11.7. The van der Waals surface area contributed by atoms with Crippen LogP contribution in [0.25, 0.3) is 22.2 Å². The van der Waals surface area contributed by atoms with Crippen LogP contribution in [0.4, 0.5) is 4.39 Å². The van der Waals surface area contributed by atoms with E-state index in [1.807, 2.05) is 25.1 Å². The molecule has 0 atom stereocenters. The van der Waals surface area contributed by atoms with Crippen LogP contribution in [0.2, 0.25) is 0 Å². The number of pyridine rings is 1. The van der Waals surface area contributed by atoms with Crippen molar-refractivity contribution in [2.45, 2.75) is 33.1 Å². The van der Waals surface area contributed by atoms with Crippen LogP contribution in [0.5, 0.6) is 0 Å². The second-order valence-corrected chi connectivity index (χ2v) is 7.31. The second kappa shape index (κ2) is 5.86. The van der Waals surface area contributed by atoms with Gasteiger partial charge in [-0.25, -0.2) is 4.39 Å². The van der Waals surface area contributed by atoms with Gasteiger partial charge in [0.25, 0.3) is 0 Å². The molecule has 2 aromatic carbocycles. The SMILES string of the molecule is Cc1cc(C(C)(C)C)ccc1-c1cc(=O)c2c(C#N)cc(F)cc2[nH]1. The third-order valence-corrected chi connectivity index (χ3v) is 4.40. The number of halogens is 1. The molecule has 0 radical (unpaired) electrons. The number of nitriles is 1. The number of rotatable bonds is 1. The van der Waals surface area contributed by atoms with Gasteiger partial charge in [-0.05, 0) is 35.6 Å². The molecule has 0 saturated carbocycles. The molecule has 0 fully saturated rings. The van der Waals surface area contributed by atoms with Crippen LogP contribution < -0.4 is 5.43 Å². The zero-order valence-electron chi connectivity index (χ0n) is 14.7. The molecular weight excluding hydrogens is 315 g/mol. The van der Waals surface area contributed by atoms with Crippen molar-refractivity contribution in [2.24, 2.45) is 0 Å². The molecule has 25 heavy (non-hydrogen) atoms. The molecule has 126 valence electrons. The molecule has 0 aliphatic heterocycles. The second-order valence-electron chi connectivity index (χ2n) is 7.31. The maximum Gasteiger partial charge on any atom is 0.191 e. The van der Waals surface area contributed by atoms with Crippen molar-refractivity contribution in [3.63, 3.8) is 0 Å². The van der Waals surface area contributed by atoms with Crippen molar-refractivity contribution >= 4 is 10.9 Å². The predicted octanol–water partition coefficient (Wildman–Crippen LogP) is 4.81. The highest BCUT2D eigenvalue weighted by Gasteiger charge is 2.16. The molecule has 0 amide bonds. The standard InChI is InChI=1S/C21H19FN2O/c1-12-7-14(21(2,3)4)5-6-16(12)17-10-19(25)20-13(11-23)8-15(22)9-18(20)24-17/h5-10H,1-4H3,(H,24,25). The van der Waals surface area contributed by atoms with Crippen molar-refractivity contribution in [1.29, 1.82) is 5.26 Å². The molecule has 1 N–H and O–H groups in total. The summed E-state index contributed by atoms with van der Waals surface area (Å²) in [6.45, 7) is 8.42. The number of H-pyrrole nitrogens is 1. The van der Waals surface area contributed by atoms with Crippen molar-refractivity contribution in [3.8, 4) is 17.3 Å². The van der Waals surface area contributed by atoms with E-state index in [0.717, 1.165) is 17.2 Å². The first-order valence-corrected chi connectivity index (χ1v) is 8.09. The van der Waals surface area contributed by atoms with Crippen LogP contribution in [0, 0.1) is 24.1 Å². The Morgan fingerprint density at radius 3 is 2.44 bits per heavy atom. The summed E-state index contributed by atoms with van der Waals surface area (Å²) in [5.41, 5.74) is 3.85. The minimum Gasteiger partial charge on any atom is -0.354 e. The zero-order chi connectivity index (χ0) is 18.4. The topological polar surface area (TPSA) is 56.6 Å². The number of aryl methyl sites for hydroxylation is 1. The quantitative estimate of drug-likeness (QED) is 0.694. The molecule has 0 bridgehead atoms. The van der Waals surface area contributed by atoms with Gasteiger partial charge in [-0.2, -0.15) is 5.26 Å². The Hall–Kier alpha value is -2.93. The number of fused-ring (bicyclic) bond motifs is 1. The van der Waals surface area contributed by atoms with Gasteiger partial charge in [-0.1, -0.05) is 39.0 Å². The Morgan fingerprint density at radius 2 is 1.84 bits per heavy atom. The number of benzene rings is 2. The molecule has 1 aromatic heterocycles. The maximum atomic E-state index is 13.7. The highest BCUT2D eigenvalue weighted by molar-refractivity contribution is 5.87. The number of hydrogen-bond acceptors (Lipinski definition) is 2. The molecule has 4 heteroatoms. The summed E-state index contributed by atoms with van der Waals surface area (Å²) >= 11 is 0. The van der Waals surface area contributed by atoms with Gasteiger partial charge in [0.1, 0.15) is 11.9 Å². The minimum atomic E-state index is -0.545. The van der Waals surface area contributed by atoms with E-state index in [2.05, 4.69) is 31.8 Å². The van der Waals surface area contributed by atoms with E-state index in [0.29, 0.717) is 11.2 Å². The van der Waals surface area contributed by atoms with Gasteiger partial charge in [0, 0.05) is 17.3 Å². The van der Waals surface area contributed by atoms with Gasteiger partial charge < -0.3 is 4.98 Å². The van der Waals surface area contributed by atoms with Crippen molar-refractivity contribution < 1.29 is 4.39 Å². The Bertz CT molecular complexity index is 1080. The van der Waals surface area contributed by atoms with Gasteiger partial charge in [0.15, 0.2) is 5.43 Å². The third kappa shape index (κ3) is 3.06. The van der Waals surface area contributed by atoms with Gasteiger partial charge >= 0.3 is 0 Å². The summed E-state index contributed by atoms with van der Waals surface area (Å²) in [4.78, 5) is 15.6. The summed E-state index contributed by atoms with van der Waals surface area (Å²) in [5.74, 6) is -0.545. The van der Waals surface area contributed by atoms with Crippen LogP contribution in [0.1, 0.15) is 37.5 Å². The van der Waals surface area contributed by atoms with Crippen molar-refractivity contribution in [1.82, 2.24) is 4.98 Å². The lowest BCUT2D eigenvalue weighted by Crippen LogP contribution is -2.11. The first-order valence-electron chi connectivity index (χ1n) is 8.09. The third-order valence-electron chi connectivity index (χ3n) is 4.40. The fourth-order valence-electron chi connectivity index (χ4n) is 3.02. The number of aromatic amines is 1. The molecule has 1 heterocycles. The summed E-state index contributed by atoms with van der Waals surface area (Å²) < 4.78 is 13.7. The Morgan fingerprint density at radius 1 is 1.12 bits per heavy atom. The van der Waals surface area contributed by atoms with Crippen molar-refractivity contribution in [2.75, 3.05) is 0 Å². The normalized spacial score (nSPS) is 11.5. The van der Waals surface area contributed by atoms with Gasteiger partial charge in [0.2, 0.25) is 0 Å². The Labute approximate surface area is 145 Å². The van der Waals surface area contributed by atoms with E-state index in [1.165, 1.54) is 17.7 Å². The van der Waals surface area contributed by atoms with Gasteiger partial charge in [0.05, 0.1) is 16.5 Å². The van der Waals surface area contributed by atoms with E-state index in [4.69, 9.17) is 5.26 Å². The van der Waals surface area contributed by atoms with E-state index in [-0.39, 0.29) is 21.8 Å². The molecule has 0 aliphatic rings. The monoisotopic (exact) mass is 334 g/mol. The van der Waals surface area contributed by atoms with Crippen LogP contribution in [0.3, 0.4) is 0 Å². The summed E-state index contributed by atoms with van der Waals surface area (Å²) in [6.07, 6.45) is 0. The Kier molecular flexibility index (Phi) is 3.96. The van der Waals surface area contributed by atoms with Crippen LogP contribution in [-0.4, -0.2) is 4.98 Å². The molecule has 0 unspecified atom stereocenters. The van der Waals surface area contributed by atoms with E-state index in [1.54, 1.807) is 0 Å².